The third-order valence-electron chi connectivity index (χ3n) is 5.38. The van der Waals surface area contributed by atoms with E-state index in [0.29, 0.717) is 30.7 Å². The van der Waals surface area contributed by atoms with E-state index in [0.717, 1.165) is 19.4 Å². The first-order valence-corrected chi connectivity index (χ1v) is 9.54. The lowest BCUT2D eigenvalue weighted by Gasteiger charge is -2.27. The van der Waals surface area contributed by atoms with Crippen LogP contribution in [-0.4, -0.2) is 29.9 Å². The molecular formula is C22H28O4. The number of aliphatic carboxylic acids is 1. The van der Waals surface area contributed by atoms with E-state index in [1.54, 1.807) is 6.08 Å². The summed E-state index contributed by atoms with van der Waals surface area (Å²) in [7, 11) is 0. The number of carboxylic acid groups (broad SMARTS) is 1. The number of carboxylic acids is 1. The Morgan fingerprint density at radius 3 is 2.62 bits per heavy atom. The lowest BCUT2D eigenvalue weighted by molar-refractivity contribution is -0.136. The van der Waals surface area contributed by atoms with Crippen LogP contribution < -0.4 is 0 Å². The van der Waals surface area contributed by atoms with Crippen molar-refractivity contribution in [3.8, 4) is 0 Å². The predicted octanol–water partition coefficient (Wildman–Crippen LogP) is 4.36. The Kier molecular flexibility index (Phi) is 7.04. The number of hydrogen-bond donors (Lipinski definition) is 1. The maximum absolute atomic E-state index is 10.5. The van der Waals surface area contributed by atoms with Gasteiger partial charge in [0.1, 0.15) is 0 Å². The van der Waals surface area contributed by atoms with E-state index in [2.05, 4.69) is 18.2 Å². The van der Waals surface area contributed by atoms with Crippen LogP contribution in [0.3, 0.4) is 0 Å². The number of hydrogen-bond acceptors (Lipinski definition) is 3. The number of fused-ring (bicyclic) bond motifs is 2. The van der Waals surface area contributed by atoms with E-state index in [1.807, 2.05) is 30.4 Å². The number of rotatable bonds is 10. The second-order valence-electron chi connectivity index (χ2n) is 7.13. The molecule has 0 unspecified atom stereocenters. The Balaban J connectivity index is 1.42. The zero-order valence-electron chi connectivity index (χ0n) is 15.1. The zero-order chi connectivity index (χ0) is 18.2. The highest BCUT2D eigenvalue weighted by molar-refractivity contribution is 5.68. The summed E-state index contributed by atoms with van der Waals surface area (Å²) in [4.78, 5) is 10.5. The Bertz CT molecular complexity index is 622. The minimum atomic E-state index is -0.799. The predicted molar refractivity (Wildman–Crippen MR) is 101 cm³/mol. The molecule has 0 amide bonds. The molecule has 1 aromatic rings. The zero-order valence-corrected chi connectivity index (χ0v) is 15.1. The first kappa shape index (κ1) is 18.9. The van der Waals surface area contributed by atoms with Gasteiger partial charge in [0.15, 0.2) is 0 Å². The summed E-state index contributed by atoms with van der Waals surface area (Å²) < 4.78 is 12.0. The normalized spacial score (nSPS) is 27.7. The maximum atomic E-state index is 10.5. The van der Waals surface area contributed by atoms with E-state index < -0.39 is 5.97 Å². The molecule has 1 aromatic carbocycles. The van der Waals surface area contributed by atoms with Crippen molar-refractivity contribution in [3.63, 3.8) is 0 Å². The van der Waals surface area contributed by atoms with Crippen molar-refractivity contribution in [2.75, 3.05) is 6.61 Å². The molecule has 2 saturated heterocycles. The van der Waals surface area contributed by atoms with E-state index in [9.17, 15) is 4.79 Å². The average molecular weight is 356 g/mol. The maximum Gasteiger partial charge on any atom is 0.307 e. The summed E-state index contributed by atoms with van der Waals surface area (Å²) in [5.74, 6) is 0.321. The standard InChI is InChI=1S/C22H28O4/c23-22(24)11-7-2-1-6-10-18-19(21-13-12-20(18)26-21)14-15-25-16-17-8-4-3-5-9-17/h1-9,18-21H,10-16H2,(H,23,24)/t18-,19+,20-,21+/m0/s1. The third kappa shape index (κ3) is 5.29. The van der Waals surface area contributed by atoms with Crippen molar-refractivity contribution in [1.29, 1.82) is 0 Å². The highest BCUT2D eigenvalue weighted by atomic mass is 16.5. The number of carbonyl (C=O) groups is 1. The van der Waals surface area contributed by atoms with Gasteiger partial charge in [-0.25, -0.2) is 0 Å². The van der Waals surface area contributed by atoms with Gasteiger partial charge in [-0.1, -0.05) is 54.6 Å². The van der Waals surface area contributed by atoms with E-state index in [1.165, 1.54) is 18.4 Å². The first-order valence-electron chi connectivity index (χ1n) is 9.54. The fourth-order valence-electron chi connectivity index (χ4n) is 4.14. The Hall–Kier alpha value is -1.91. The molecule has 2 fully saturated rings. The Labute approximate surface area is 155 Å². The van der Waals surface area contributed by atoms with Gasteiger partial charge < -0.3 is 14.6 Å². The quantitative estimate of drug-likeness (QED) is 0.500. The number of allylic oxidation sites excluding steroid dienone is 3. The molecule has 1 N–H and O–H groups in total. The van der Waals surface area contributed by atoms with Crippen molar-refractivity contribution in [2.45, 2.75) is 50.9 Å². The summed E-state index contributed by atoms with van der Waals surface area (Å²) >= 11 is 0. The molecule has 2 bridgehead atoms. The molecule has 0 aliphatic carbocycles. The van der Waals surface area contributed by atoms with Gasteiger partial charge in [0.25, 0.3) is 0 Å². The van der Waals surface area contributed by atoms with Gasteiger partial charge in [-0.05, 0) is 43.1 Å². The third-order valence-corrected chi connectivity index (χ3v) is 5.38. The molecule has 0 radical (unpaired) electrons. The summed E-state index contributed by atoms with van der Waals surface area (Å²) in [6, 6.07) is 10.3. The minimum absolute atomic E-state index is 0.0724. The second kappa shape index (κ2) is 9.70. The highest BCUT2D eigenvalue weighted by Crippen LogP contribution is 2.46. The summed E-state index contributed by atoms with van der Waals surface area (Å²) in [5, 5.41) is 8.62. The van der Waals surface area contributed by atoms with Gasteiger partial charge in [-0.15, -0.1) is 0 Å². The van der Waals surface area contributed by atoms with Crippen LogP contribution in [0.5, 0.6) is 0 Å². The molecule has 3 rings (SSSR count). The summed E-state index contributed by atoms with van der Waals surface area (Å²) in [6.07, 6.45) is 12.8. The van der Waals surface area contributed by atoms with Crippen molar-refractivity contribution in [3.05, 3.63) is 60.2 Å². The highest BCUT2D eigenvalue weighted by Gasteiger charge is 2.47. The Morgan fingerprint density at radius 2 is 1.85 bits per heavy atom. The van der Waals surface area contributed by atoms with Gasteiger partial charge in [-0.3, -0.25) is 4.79 Å². The molecule has 2 heterocycles. The number of benzene rings is 1. The van der Waals surface area contributed by atoms with E-state index in [4.69, 9.17) is 14.6 Å². The fraction of sp³-hybridized carbons (Fsp3) is 0.500. The smallest absolute Gasteiger partial charge is 0.307 e. The van der Waals surface area contributed by atoms with Gasteiger partial charge in [0.2, 0.25) is 0 Å². The van der Waals surface area contributed by atoms with Crippen LogP contribution in [0.4, 0.5) is 0 Å². The SMILES string of the molecule is O=C(O)CC=CC=CC[C@H]1[C@@H](CCOCc2ccccc2)[C@H]2CC[C@@H]1O2. The molecule has 2 aliphatic heterocycles. The molecule has 26 heavy (non-hydrogen) atoms. The lowest BCUT2D eigenvalue weighted by atomic mass is 9.76. The molecule has 4 heteroatoms. The van der Waals surface area contributed by atoms with E-state index >= 15 is 0 Å². The Morgan fingerprint density at radius 1 is 1.12 bits per heavy atom. The van der Waals surface area contributed by atoms with Gasteiger partial charge in [0, 0.05) is 6.61 Å². The minimum Gasteiger partial charge on any atom is -0.481 e. The van der Waals surface area contributed by atoms with Crippen molar-refractivity contribution >= 4 is 5.97 Å². The molecule has 140 valence electrons. The molecule has 4 nitrogen and oxygen atoms in total. The van der Waals surface area contributed by atoms with Crippen LogP contribution in [0.15, 0.2) is 54.6 Å². The van der Waals surface area contributed by atoms with Crippen LogP contribution in [0.25, 0.3) is 0 Å². The summed E-state index contributed by atoms with van der Waals surface area (Å²) in [5.41, 5.74) is 1.21. The van der Waals surface area contributed by atoms with Gasteiger partial charge in [0.05, 0.1) is 25.2 Å². The van der Waals surface area contributed by atoms with Crippen molar-refractivity contribution < 1.29 is 19.4 Å². The van der Waals surface area contributed by atoms with Crippen molar-refractivity contribution in [2.24, 2.45) is 11.8 Å². The molecule has 0 spiro atoms. The van der Waals surface area contributed by atoms with Crippen LogP contribution >= 0.6 is 0 Å². The number of ether oxygens (including phenoxy) is 2. The molecule has 2 aliphatic rings. The van der Waals surface area contributed by atoms with Crippen LogP contribution in [-0.2, 0) is 20.9 Å². The fourth-order valence-corrected chi connectivity index (χ4v) is 4.14. The molecule has 4 atom stereocenters. The topological polar surface area (TPSA) is 55.8 Å². The van der Waals surface area contributed by atoms with Crippen molar-refractivity contribution in [1.82, 2.24) is 0 Å². The largest absolute Gasteiger partial charge is 0.481 e. The lowest BCUT2D eigenvalue weighted by Crippen LogP contribution is -2.27. The molecule has 0 aromatic heterocycles. The monoisotopic (exact) mass is 356 g/mol. The summed E-state index contributed by atoms with van der Waals surface area (Å²) in [6.45, 7) is 1.44. The van der Waals surface area contributed by atoms with Gasteiger partial charge >= 0.3 is 5.97 Å². The van der Waals surface area contributed by atoms with Crippen LogP contribution in [0.2, 0.25) is 0 Å². The second-order valence-corrected chi connectivity index (χ2v) is 7.13. The van der Waals surface area contributed by atoms with Crippen LogP contribution in [0, 0.1) is 11.8 Å². The first-order chi connectivity index (χ1) is 12.7. The average Bonchev–Trinajstić information content (AvgIpc) is 3.24. The molecule has 0 saturated carbocycles. The van der Waals surface area contributed by atoms with E-state index in [-0.39, 0.29) is 6.42 Å². The van der Waals surface area contributed by atoms with Gasteiger partial charge in [-0.2, -0.15) is 0 Å². The molecular weight excluding hydrogens is 328 g/mol. The van der Waals surface area contributed by atoms with Crippen LogP contribution in [0.1, 0.15) is 37.7 Å².